The minimum Gasteiger partial charge on any atom is -0.497 e. The Labute approximate surface area is 117 Å². The van der Waals surface area contributed by atoms with Crippen molar-refractivity contribution in [2.24, 2.45) is 0 Å². The van der Waals surface area contributed by atoms with Gasteiger partial charge in [-0.3, -0.25) is 0 Å². The zero-order chi connectivity index (χ0) is 13.1. The molecule has 0 spiro atoms. The first-order valence-corrected chi connectivity index (χ1v) is 7.08. The summed E-state index contributed by atoms with van der Waals surface area (Å²) in [4.78, 5) is 0.132. The van der Waals surface area contributed by atoms with Crippen molar-refractivity contribution in [3.63, 3.8) is 0 Å². The van der Waals surface area contributed by atoms with Crippen LogP contribution in [0.1, 0.15) is 30.2 Å². The van der Waals surface area contributed by atoms with Gasteiger partial charge in [0, 0.05) is 5.56 Å². The third-order valence-electron chi connectivity index (χ3n) is 3.33. The second-order valence-electron chi connectivity index (χ2n) is 4.57. The van der Waals surface area contributed by atoms with E-state index < -0.39 is 0 Å². The van der Waals surface area contributed by atoms with Gasteiger partial charge in [-0.25, -0.2) is 0 Å². The van der Waals surface area contributed by atoms with Gasteiger partial charge in [0.15, 0.2) is 0 Å². The summed E-state index contributed by atoms with van der Waals surface area (Å²) in [6.45, 7) is 2.11. The highest BCUT2D eigenvalue weighted by Crippen LogP contribution is 2.41. The Morgan fingerprint density at radius 2 is 2.06 bits per heavy atom. The van der Waals surface area contributed by atoms with Crippen LogP contribution < -0.4 is 9.47 Å². The van der Waals surface area contributed by atoms with Crippen LogP contribution in [0.4, 0.5) is 0 Å². The molecule has 3 unspecified atom stereocenters. The molecule has 1 heterocycles. The van der Waals surface area contributed by atoms with Gasteiger partial charge >= 0.3 is 0 Å². The summed E-state index contributed by atoms with van der Waals surface area (Å²) < 4.78 is 16.6. The maximum atomic E-state index is 5.91. The molecule has 0 aliphatic carbocycles. The lowest BCUT2D eigenvalue weighted by Crippen LogP contribution is -2.15. The van der Waals surface area contributed by atoms with Gasteiger partial charge in [0.05, 0.1) is 31.3 Å². The first kappa shape index (κ1) is 13.7. The average Bonchev–Trinajstić information content (AvgIpc) is 2.83. The highest BCUT2D eigenvalue weighted by molar-refractivity contribution is 9.09. The SMILES string of the molecule is COc1ccc(OC)c(C(Br)C2CCC(C)O2)c1. The van der Waals surface area contributed by atoms with Gasteiger partial charge in [0.25, 0.3) is 0 Å². The fourth-order valence-corrected chi connectivity index (χ4v) is 3.05. The Kier molecular flexibility index (Phi) is 4.51. The van der Waals surface area contributed by atoms with Gasteiger partial charge in [-0.15, -0.1) is 0 Å². The average molecular weight is 315 g/mol. The van der Waals surface area contributed by atoms with Crippen molar-refractivity contribution >= 4 is 15.9 Å². The van der Waals surface area contributed by atoms with E-state index in [9.17, 15) is 0 Å². The summed E-state index contributed by atoms with van der Waals surface area (Å²) in [5.41, 5.74) is 1.08. The van der Waals surface area contributed by atoms with E-state index in [1.165, 1.54) is 0 Å². The van der Waals surface area contributed by atoms with E-state index in [1.807, 2.05) is 18.2 Å². The Morgan fingerprint density at radius 1 is 1.28 bits per heavy atom. The molecule has 0 radical (unpaired) electrons. The van der Waals surface area contributed by atoms with Gasteiger partial charge < -0.3 is 14.2 Å². The number of hydrogen-bond acceptors (Lipinski definition) is 3. The number of rotatable bonds is 4. The monoisotopic (exact) mass is 314 g/mol. The molecule has 0 amide bonds. The molecule has 0 bridgehead atoms. The maximum absolute atomic E-state index is 5.91. The van der Waals surface area contributed by atoms with Gasteiger partial charge in [-0.05, 0) is 38.0 Å². The Bertz CT molecular complexity index is 408. The minimum absolute atomic E-state index is 0.132. The predicted molar refractivity (Wildman–Crippen MR) is 74.8 cm³/mol. The van der Waals surface area contributed by atoms with Crippen molar-refractivity contribution < 1.29 is 14.2 Å². The predicted octanol–water partition coefficient (Wildman–Crippen LogP) is 3.71. The van der Waals surface area contributed by atoms with Crippen LogP contribution in [0.2, 0.25) is 0 Å². The number of hydrogen-bond donors (Lipinski definition) is 0. The molecule has 0 aromatic heterocycles. The van der Waals surface area contributed by atoms with E-state index in [4.69, 9.17) is 14.2 Å². The molecule has 100 valence electrons. The lowest BCUT2D eigenvalue weighted by Gasteiger charge is -2.21. The molecule has 0 saturated carbocycles. The molecule has 3 nitrogen and oxygen atoms in total. The molecule has 1 aromatic rings. The van der Waals surface area contributed by atoms with Gasteiger partial charge in [-0.1, -0.05) is 15.9 Å². The third kappa shape index (κ3) is 2.81. The Morgan fingerprint density at radius 3 is 2.61 bits per heavy atom. The zero-order valence-electron chi connectivity index (χ0n) is 11.0. The lowest BCUT2D eigenvalue weighted by molar-refractivity contribution is 0.0553. The van der Waals surface area contributed by atoms with E-state index in [0.717, 1.165) is 29.9 Å². The summed E-state index contributed by atoms with van der Waals surface area (Å²) >= 11 is 3.73. The second kappa shape index (κ2) is 5.93. The molecule has 1 aliphatic rings. The molecule has 1 saturated heterocycles. The van der Waals surface area contributed by atoms with Crippen LogP contribution in [-0.2, 0) is 4.74 Å². The molecule has 18 heavy (non-hydrogen) atoms. The fourth-order valence-electron chi connectivity index (χ4n) is 2.30. The molecular weight excluding hydrogens is 296 g/mol. The standard InChI is InChI=1S/C14H19BrO3/c1-9-4-6-13(18-9)14(15)11-8-10(16-2)5-7-12(11)17-3/h5,7-9,13-14H,4,6H2,1-3H3. The highest BCUT2D eigenvalue weighted by Gasteiger charge is 2.30. The normalized spacial score (nSPS) is 24.9. The van der Waals surface area contributed by atoms with E-state index in [-0.39, 0.29) is 10.9 Å². The number of halogens is 1. The van der Waals surface area contributed by atoms with Crippen molar-refractivity contribution in [2.75, 3.05) is 14.2 Å². The van der Waals surface area contributed by atoms with Crippen LogP contribution in [0.25, 0.3) is 0 Å². The first-order valence-electron chi connectivity index (χ1n) is 6.17. The maximum Gasteiger partial charge on any atom is 0.123 e. The summed E-state index contributed by atoms with van der Waals surface area (Å²) in [5, 5.41) is 0. The van der Waals surface area contributed by atoms with Crippen LogP contribution in [0.5, 0.6) is 11.5 Å². The second-order valence-corrected chi connectivity index (χ2v) is 5.56. The van der Waals surface area contributed by atoms with Crippen LogP contribution in [0.15, 0.2) is 18.2 Å². The summed E-state index contributed by atoms with van der Waals surface area (Å²) in [6, 6.07) is 5.84. The Balaban J connectivity index is 2.24. The topological polar surface area (TPSA) is 27.7 Å². The van der Waals surface area contributed by atoms with Crippen molar-refractivity contribution in [2.45, 2.75) is 36.8 Å². The first-order chi connectivity index (χ1) is 8.65. The third-order valence-corrected chi connectivity index (χ3v) is 4.41. The van der Waals surface area contributed by atoms with Crippen molar-refractivity contribution in [3.8, 4) is 11.5 Å². The van der Waals surface area contributed by atoms with Crippen molar-refractivity contribution in [3.05, 3.63) is 23.8 Å². The van der Waals surface area contributed by atoms with E-state index in [2.05, 4.69) is 22.9 Å². The molecular formula is C14H19BrO3. The van der Waals surface area contributed by atoms with Crippen LogP contribution >= 0.6 is 15.9 Å². The van der Waals surface area contributed by atoms with Crippen molar-refractivity contribution in [1.29, 1.82) is 0 Å². The Hall–Kier alpha value is -0.740. The molecule has 1 fully saturated rings. The lowest BCUT2D eigenvalue weighted by atomic mass is 10.0. The molecule has 2 rings (SSSR count). The molecule has 3 atom stereocenters. The summed E-state index contributed by atoms with van der Waals surface area (Å²) in [7, 11) is 3.35. The fraction of sp³-hybridized carbons (Fsp3) is 0.571. The zero-order valence-corrected chi connectivity index (χ0v) is 12.6. The van der Waals surface area contributed by atoms with E-state index >= 15 is 0 Å². The van der Waals surface area contributed by atoms with E-state index in [0.29, 0.717) is 6.10 Å². The number of alkyl halides is 1. The molecule has 4 heteroatoms. The molecule has 0 N–H and O–H groups in total. The van der Waals surface area contributed by atoms with Crippen molar-refractivity contribution in [1.82, 2.24) is 0 Å². The van der Waals surface area contributed by atoms with Gasteiger partial charge in [0.2, 0.25) is 0 Å². The number of benzene rings is 1. The summed E-state index contributed by atoms with van der Waals surface area (Å²) in [6.07, 6.45) is 2.71. The van der Waals surface area contributed by atoms with E-state index in [1.54, 1.807) is 14.2 Å². The summed E-state index contributed by atoms with van der Waals surface area (Å²) in [5.74, 6) is 1.70. The van der Waals surface area contributed by atoms with Gasteiger partial charge in [0.1, 0.15) is 11.5 Å². The molecule has 1 aliphatic heterocycles. The van der Waals surface area contributed by atoms with Crippen LogP contribution in [0, 0.1) is 0 Å². The quantitative estimate of drug-likeness (QED) is 0.793. The minimum atomic E-state index is 0.132. The number of ether oxygens (including phenoxy) is 3. The molecule has 1 aromatic carbocycles. The largest absolute Gasteiger partial charge is 0.497 e. The highest BCUT2D eigenvalue weighted by atomic mass is 79.9. The number of methoxy groups -OCH3 is 2. The van der Waals surface area contributed by atoms with Crippen LogP contribution in [-0.4, -0.2) is 26.4 Å². The van der Waals surface area contributed by atoms with Gasteiger partial charge in [-0.2, -0.15) is 0 Å². The smallest absolute Gasteiger partial charge is 0.123 e. The van der Waals surface area contributed by atoms with Crippen LogP contribution in [0.3, 0.4) is 0 Å².